The number of carbonyl (C=O) groups excluding carboxylic acids is 6. The van der Waals surface area contributed by atoms with Crippen LogP contribution >= 0.6 is 0 Å². The van der Waals surface area contributed by atoms with Crippen molar-refractivity contribution in [3.05, 3.63) is 142 Å². The smallest absolute Gasteiger partial charge is 0.307 e. The number of rotatable bonds is 10. The fraction of sp³-hybridized carbons (Fsp3) is 0.407. The highest BCUT2D eigenvalue weighted by Gasteiger charge is 2.44. The van der Waals surface area contributed by atoms with Crippen molar-refractivity contribution in [1.29, 1.82) is 0 Å². The molecule has 6 aliphatic rings. The number of carboxylic acid groups (broad SMARTS) is 2. The van der Waals surface area contributed by atoms with Gasteiger partial charge in [0, 0.05) is 26.2 Å². The summed E-state index contributed by atoms with van der Waals surface area (Å²) in [6.45, 7) is 1.40. The van der Waals surface area contributed by atoms with Crippen LogP contribution in [0.25, 0.3) is 0 Å². The Morgan fingerprint density at radius 2 is 0.750 bits per heavy atom. The molecule has 0 unspecified atom stereocenters. The Morgan fingerprint density at radius 1 is 0.441 bits per heavy atom. The molecule has 352 valence electrons. The van der Waals surface area contributed by atoms with Crippen LogP contribution in [0.15, 0.2) is 97.1 Å². The van der Waals surface area contributed by atoms with Crippen LogP contribution < -0.4 is 0 Å². The average Bonchev–Trinajstić information content (AvgIpc) is 3.76. The number of imide groups is 2. The summed E-state index contributed by atoms with van der Waals surface area (Å²) in [5, 5.41) is 19.4. The van der Waals surface area contributed by atoms with E-state index in [2.05, 4.69) is 0 Å². The largest absolute Gasteiger partial charge is 0.481 e. The highest BCUT2D eigenvalue weighted by Crippen LogP contribution is 2.41. The summed E-state index contributed by atoms with van der Waals surface area (Å²) >= 11 is 0. The molecule has 4 aromatic carbocycles. The van der Waals surface area contributed by atoms with Crippen molar-refractivity contribution in [3.63, 3.8) is 0 Å². The van der Waals surface area contributed by atoms with Crippen LogP contribution in [-0.4, -0.2) is 103 Å². The molecule has 6 atom stereocenters. The van der Waals surface area contributed by atoms with Crippen LogP contribution in [0.4, 0.5) is 0 Å². The Morgan fingerprint density at radius 3 is 1.09 bits per heavy atom. The summed E-state index contributed by atoms with van der Waals surface area (Å²) < 4.78 is 0. The predicted molar refractivity (Wildman–Crippen MR) is 248 cm³/mol. The van der Waals surface area contributed by atoms with E-state index in [1.54, 1.807) is 48.5 Å². The van der Waals surface area contributed by atoms with Gasteiger partial charge in [0.05, 0.1) is 58.0 Å². The van der Waals surface area contributed by atoms with Crippen molar-refractivity contribution in [1.82, 2.24) is 19.6 Å². The van der Waals surface area contributed by atoms with E-state index in [1.807, 2.05) is 58.3 Å². The van der Waals surface area contributed by atoms with Crippen LogP contribution in [-0.2, 0) is 32.0 Å². The highest BCUT2D eigenvalue weighted by molar-refractivity contribution is 6.22. The van der Waals surface area contributed by atoms with E-state index in [-0.39, 0.29) is 60.6 Å². The summed E-state index contributed by atoms with van der Waals surface area (Å²) in [6.07, 6.45) is 7.81. The second-order valence-corrected chi connectivity index (χ2v) is 18.9. The molecule has 2 aliphatic carbocycles. The first-order valence-corrected chi connectivity index (χ1v) is 24.1. The van der Waals surface area contributed by atoms with Crippen molar-refractivity contribution in [2.75, 3.05) is 26.2 Å². The first-order chi connectivity index (χ1) is 32.9. The molecule has 6 amide bonds. The Kier molecular flexibility index (Phi) is 13.4. The maximum absolute atomic E-state index is 13.7. The molecular weight excluding hydrogens is 865 g/mol. The van der Waals surface area contributed by atoms with Gasteiger partial charge in [-0.25, -0.2) is 0 Å². The molecule has 0 saturated heterocycles. The van der Waals surface area contributed by atoms with Gasteiger partial charge in [0.15, 0.2) is 0 Å². The molecular formula is C54H56N4O10. The first kappa shape index (κ1) is 46.2. The molecule has 14 nitrogen and oxygen atoms in total. The Labute approximate surface area is 394 Å². The predicted octanol–water partition coefficient (Wildman–Crippen LogP) is 7.38. The highest BCUT2D eigenvalue weighted by atomic mass is 16.4. The van der Waals surface area contributed by atoms with E-state index < -0.39 is 35.6 Å². The van der Waals surface area contributed by atoms with Gasteiger partial charge in [0.1, 0.15) is 0 Å². The first-order valence-electron chi connectivity index (χ1n) is 24.1. The number of carbonyl (C=O) groups is 8. The molecule has 0 spiro atoms. The van der Waals surface area contributed by atoms with Crippen molar-refractivity contribution < 1.29 is 48.6 Å². The molecule has 0 bridgehead atoms. The molecule has 0 aromatic heterocycles. The van der Waals surface area contributed by atoms with Crippen molar-refractivity contribution in [3.8, 4) is 0 Å². The van der Waals surface area contributed by atoms with Gasteiger partial charge < -0.3 is 20.0 Å². The minimum Gasteiger partial charge on any atom is -0.481 e. The fourth-order valence-corrected chi connectivity index (χ4v) is 11.7. The van der Waals surface area contributed by atoms with Crippen molar-refractivity contribution in [2.45, 2.75) is 89.1 Å². The third-order valence-corrected chi connectivity index (χ3v) is 15.2. The lowest BCUT2D eigenvalue weighted by atomic mass is 9.77. The zero-order chi connectivity index (χ0) is 47.6. The van der Waals surface area contributed by atoms with Gasteiger partial charge in [-0.05, 0) is 97.9 Å². The van der Waals surface area contributed by atoms with Crippen LogP contribution in [0, 0.1) is 23.7 Å². The average molecular weight is 921 g/mol. The van der Waals surface area contributed by atoms with E-state index in [0.29, 0.717) is 86.7 Å². The van der Waals surface area contributed by atoms with E-state index in [4.69, 9.17) is 0 Å². The number of amides is 6. The van der Waals surface area contributed by atoms with Gasteiger partial charge in [-0.2, -0.15) is 0 Å². The summed E-state index contributed by atoms with van der Waals surface area (Å²) in [4.78, 5) is 109. The van der Waals surface area contributed by atoms with E-state index in [9.17, 15) is 48.6 Å². The lowest BCUT2D eigenvalue weighted by Crippen LogP contribution is -2.47. The molecule has 2 N–H and O–H groups in total. The number of hydrogen-bond donors (Lipinski definition) is 2. The SMILES string of the molecule is O=C(O)[C@@H]1CCCC[C@@H]1C(=O)N1CCc2ccccc2[C@H]1CCN1C(=O)c2ccccc2C1=O.O=C(O)[C@H]1CCCC[C@H]1C(=O)N1CCc2ccccc2[C@@H]1CCN1C(=O)c2ccccc2C1=O. The zero-order valence-corrected chi connectivity index (χ0v) is 38.0. The number of fused-ring (bicyclic) bond motifs is 4. The number of carboxylic acids is 2. The van der Waals surface area contributed by atoms with Crippen LogP contribution in [0.2, 0.25) is 0 Å². The molecule has 4 aromatic rings. The maximum Gasteiger partial charge on any atom is 0.307 e. The molecule has 2 fully saturated rings. The van der Waals surface area contributed by atoms with Crippen molar-refractivity contribution in [2.24, 2.45) is 23.7 Å². The van der Waals surface area contributed by atoms with Gasteiger partial charge in [-0.3, -0.25) is 48.2 Å². The van der Waals surface area contributed by atoms with E-state index in [0.717, 1.165) is 47.9 Å². The molecule has 2 saturated carbocycles. The van der Waals surface area contributed by atoms with E-state index >= 15 is 0 Å². The summed E-state index contributed by atoms with van der Waals surface area (Å²) in [7, 11) is 0. The summed E-state index contributed by atoms with van der Waals surface area (Å²) in [5.74, 6) is -5.63. The number of nitrogens with zero attached hydrogens (tertiary/aromatic N) is 4. The van der Waals surface area contributed by atoms with Crippen molar-refractivity contribution >= 4 is 47.4 Å². The van der Waals surface area contributed by atoms with Gasteiger partial charge in [0.25, 0.3) is 23.6 Å². The quantitative estimate of drug-likeness (QED) is 0.152. The maximum atomic E-state index is 13.7. The fourth-order valence-electron chi connectivity index (χ4n) is 11.7. The molecule has 68 heavy (non-hydrogen) atoms. The lowest BCUT2D eigenvalue weighted by Gasteiger charge is -2.41. The van der Waals surface area contributed by atoms with Crippen LogP contribution in [0.3, 0.4) is 0 Å². The van der Waals surface area contributed by atoms with Crippen LogP contribution in [0.5, 0.6) is 0 Å². The molecule has 14 heteroatoms. The standard InChI is InChI=1S/2C27H28N2O5/c2*30-24(21-11-5-6-12-22(21)27(33)34)28-15-13-17-7-1-2-8-18(17)23(28)14-16-29-25(31)19-9-3-4-10-20(19)26(29)32/h2*1-4,7-10,21-23H,5-6,11-16H2,(H,33,34)/t2*21-,22+,23+/m10/s1. The van der Waals surface area contributed by atoms with Gasteiger partial charge >= 0.3 is 11.9 Å². The minimum absolute atomic E-state index is 0.117. The number of aliphatic carboxylic acids is 2. The second-order valence-electron chi connectivity index (χ2n) is 18.9. The summed E-state index contributed by atoms with van der Waals surface area (Å²) in [5.41, 5.74) is 5.98. The molecule has 4 aliphatic heterocycles. The second kappa shape index (κ2) is 19.7. The van der Waals surface area contributed by atoms with Gasteiger partial charge in [-0.15, -0.1) is 0 Å². The summed E-state index contributed by atoms with van der Waals surface area (Å²) in [6, 6.07) is 28.9. The van der Waals surface area contributed by atoms with Crippen LogP contribution in [0.1, 0.15) is 140 Å². The Bertz CT molecular complexity index is 2430. The monoisotopic (exact) mass is 920 g/mol. The minimum atomic E-state index is -0.905. The van der Waals surface area contributed by atoms with E-state index in [1.165, 1.54) is 9.80 Å². The Balaban J connectivity index is 0.000000170. The molecule has 4 heterocycles. The Hall–Kier alpha value is -6.96. The van der Waals surface area contributed by atoms with Gasteiger partial charge in [0.2, 0.25) is 11.8 Å². The third kappa shape index (κ3) is 8.72. The number of benzene rings is 4. The molecule has 10 rings (SSSR count). The third-order valence-electron chi connectivity index (χ3n) is 15.2. The normalized spacial score (nSPS) is 24.1. The topological polar surface area (TPSA) is 190 Å². The molecule has 0 radical (unpaired) electrons. The lowest BCUT2D eigenvalue weighted by molar-refractivity contribution is -0.153. The zero-order valence-electron chi connectivity index (χ0n) is 38.0. The number of hydrogen-bond acceptors (Lipinski definition) is 8. The van der Waals surface area contributed by atoms with Gasteiger partial charge in [-0.1, -0.05) is 98.5 Å².